The van der Waals surface area contributed by atoms with E-state index in [0.29, 0.717) is 43.4 Å². The van der Waals surface area contributed by atoms with Crippen LogP contribution in [0, 0.1) is 5.92 Å². The number of piperidine rings is 1. The fraction of sp³-hybridized carbons (Fsp3) is 0.333. The molecule has 0 saturated carbocycles. The molecule has 33 heavy (non-hydrogen) atoms. The third kappa shape index (κ3) is 4.51. The van der Waals surface area contributed by atoms with Gasteiger partial charge in [-0.25, -0.2) is 13.4 Å². The largest absolute Gasteiger partial charge is 0.490 e. The van der Waals surface area contributed by atoms with Crippen molar-refractivity contribution in [3.05, 3.63) is 54.6 Å². The van der Waals surface area contributed by atoms with Crippen molar-refractivity contribution < 1.29 is 22.7 Å². The second-order valence-electron chi connectivity index (χ2n) is 8.22. The summed E-state index contributed by atoms with van der Waals surface area (Å²) in [5.74, 6) is 1.11. The molecule has 0 atom stereocenters. The fourth-order valence-corrected chi connectivity index (χ4v) is 5.66. The number of hydrogen-bond acceptors (Lipinski definition) is 6. The lowest BCUT2D eigenvalue weighted by Gasteiger charge is -2.30. The lowest BCUT2D eigenvalue weighted by atomic mass is 9.97. The van der Waals surface area contributed by atoms with Crippen molar-refractivity contribution in [3.63, 3.8) is 0 Å². The maximum Gasteiger partial charge on any atom is 0.243 e. The first-order chi connectivity index (χ1) is 16.0. The van der Waals surface area contributed by atoms with Crippen molar-refractivity contribution >= 4 is 32.7 Å². The van der Waals surface area contributed by atoms with Gasteiger partial charge in [0.2, 0.25) is 15.9 Å². The van der Waals surface area contributed by atoms with Gasteiger partial charge in [0.25, 0.3) is 0 Å². The van der Waals surface area contributed by atoms with Gasteiger partial charge in [-0.05, 0) is 43.2 Å². The van der Waals surface area contributed by atoms with E-state index in [0.717, 1.165) is 17.3 Å². The van der Waals surface area contributed by atoms with Crippen molar-refractivity contribution in [3.8, 4) is 11.5 Å². The van der Waals surface area contributed by atoms with Crippen LogP contribution >= 0.6 is 0 Å². The minimum Gasteiger partial charge on any atom is -0.490 e. The molecule has 1 N–H and O–H groups in total. The summed E-state index contributed by atoms with van der Waals surface area (Å²) in [6, 6.07) is 16.1. The molecule has 1 aromatic heterocycles. The number of sulfonamides is 1. The van der Waals surface area contributed by atoms with E-state index in [9.17, 15) is 13.2 Å². The summed E-state index contributed by atoms with van der Waals surface area (Å²) in [4.78, 5) is 17.4. The molecule has 1 amide bonds. The summed E-state index contributed by atoms with van der Waals surface area (Å²) in [6.45, 7) is 1.59. The average molecular weight is 468 g/mol. The normalized spacial score (nSPS) is 17.5. The molecule has 0 aliphatic carbocycles. The quantitative estimate of drug-likeness (QED) is 0.631. The van der Waals surface area contributed by atoms with Gasteiger partial charge in [0.1, 0.15) is 5.82 Å². The van der Waals surface area contributed by atoms with Gasteiger partial charge >= 0.3 is 0 Å². The monoisotopic (exact) mass is 467 g/mol. The highest BCUT2D eigenvalue weighted by atomic mass is 32.2. The number of pyridine rings is 1. The number of fused-ring (bicyclic) bond motifs is 2. The SMILES string of the molecule is O=C(Nc1ccc2ccccc2n1)C1CCN(S(=O)(=O)c2ccc3c(c2)OCCCO3)CC1. The Morgan fingerprint density at radius 3 is 2.55 bits per heavy atom. The van der Waals surface area contributed by atoms with Crippen molar-refractivity contribution in [1.29, 1.82) is 0 Å². The number of nitrogens with zero attached hydrogens (tertiary/aromatic N) is 2. The highest BCUT2D eigenvalue weighted by molar-refractivity contribution is 7.89. The first-order valence-corrected chi connectivity index (χ1v) is 12.5. The van der Waals surface area contributed by atoms with Crippen molar-refractivity contribution in [2.45, 2.75) is 24.2 Å². The highest BCUT2D eigenvalue weighted by Gasteiger charge is 2.33. The van der Waals surface area contributed by atoms with Gasteiger partial charge < -0.3 is 14.8 Å². The zero-order valence-electron chi connectivity index (χ0n) is 18.1. The average Bonchev–Trinajstić information content (AvgIpc) is 3.09. The summed E-state index contributed by atoms with van der Waals surface area (Å²) in [5.41, 5.74) is 0.811. The number of rotatable bonds is 4. The number of para-hydroxylation sites is 1. The number of benzene rings is 2. The second kappa shape index (κ2) is 8.99. The number of nitrogens with one attached hydrogen (secondary N) is 1. The standard InChI is InChI=1S/C24H25N3O5S/c28-24(26-23-9-6-17-4-1-2-5-20(17)25-23)18-10-12-27(13-11-18)33(29,30)19-7-8-21-22(16-19)32-15-3-14-31-21/h1-2,4-9,16,18H,3,10-15H2,(H,25,26,28). The van der Waals surface area contributed by atoms with Crippen LogP contribution in [0.25, 0.3) is 10.9 Å². The van der Waals surface area contributed by atoms with Gasteiger partial charge in [0.05, 0.1) is 23.6 Å². The first kappa shape index (κ1) is 21.7. The summed E-state index contributed by atoms with van der Waals surface area (Å²) >= 11 is 0. The Morgan fingerprint density at radius 1 is 0.970 bits per heavy atom. The van der Waals surface area contributed by atoms with Gasteiger partial charge in [0.15, 0.2) is 11.5 Å². The fourth-order valence-electron chi connectivity index (χ4n) is 4.18. The number of aromatic nitrogens is 1. The molecule has 0 spiro atoms. The Kier molecular flexibility index (Phi) is 5.90. The van der Waals surface area contributed by atoms with Crippen molar-refractivity contribution in [2.75, 3.05) is 31.6 Å². The molecular formula is C24H25N3O5S. The van der Waals surface area contributed by atoms with Crippen LogP contribution in [0.5, 0.6) is 11.5 Å². The molecule has 2 aliphatic rings. The van der Waals surface area contributed by atoms with Crippen LogP contribution in [0.15, 0.2) is 59.5 Å². The molecule has 3 heterocycles. The predicted octanol–water partition coefficient (Wildman–Crippen LogP) is 3.44. The summed E-state index contributed by atoms with van der Waals surface area (Å²) in [5, 5.41) is 3.88. The molecule has 5 rings (SSSR count). The molecule has 8 nitrogen and oxygen atoms in total. The summed E-state index contributed by atoms with van der Waals surface area (Å²) in [7, 11) is -3.69. The lowest BCUT2D eigenvalue weighted by Crippen LogP contribution is -2.41. The van der Waals surface area contributed by atoms with Crippen LogP contribution in [0.1, 0.15) is 19.3 Å². The number of hydrogen-bond donors (Lipinski definition) is 1. The maximum absolute atomic E-state index is 13.2. The zero-order valence-corrected chi connectivity index (χ0v) is 18.9. The summed E-state index contributed by atoms with van der Waals surface area (Å²) < 4.78 is 39.0. The van der Waals surface area contributed by atoms with Crippen molar-refractivity contribution in [1.82, 2.24) is 9.29 Å². The maximum atomic E-state index is 13.2. The Balaban J connectivity index is 1.23. The first-order valence-electron chi connectivity index (χ1n) is 11.1. The van der Waals surface area contributed by atoms with E-state index in [4.69, 9.17) is 9.47 Å². The van der Waals surface area contributed by atoms with Crippen LogP contribution < -0.4 is 14.8 Å². The lowest BCUT2D eigenvalue weighted by molar-refractivity contribution is -0.120. The molecule has 0 radical (unpaired) electrons. The third-order valence-corrected chi connectivity index (χ3v) is 7.93. The summed E-state index contributed by atoms with van der Waals surface area (Å²) in [6.07, 6.45) is 1.65. The molecule has 172 valence electrons. The van der Waals surface area contributed by atoms with E-state index < -0.39 is 10.0 Å². The molecule has 1 fully saturated rings. The topological polar surface area (TPSA) is 97.8 Å². The van der Waals surface area contributed by atoms with E-state index in [1.54, 1.807) is 18.2 Å². The van der Waals surface area contributed by atoms with E-state index >= 15 is 0 Å². The van der Waals surface area contributed by atoms with Gasteiger partial charge in [0, 0.05) is 36.9 Å². The number of ether oxygens (including phenoxy) is 2. The third-order valence-electron chi connectivity index (χ3n) is 6.03. The molecular weight excluding hydrogens is 442 g/mol. The molecule has 2 aromatic carbocycles. The Hall–Kier alpha value is -3.17. The van der Waals surface area contributed by atoms with E-state index in [1.807, 2.05) is 30.3 Å². The van der Waals surface area contributed by atoms with Gasteiger partial charge in [-0.15, -0.1) is 0 Å². The van der Waals surface area contributed by atoms with Crippen LogP contribution in [-0.4, -0.2) is 49.9 Å². The van der Waals surface area contributed by atoms with E-state index in [2.05, 4.69) is 10.3 Å². The second-order valence-corrected chi connectivity index (χ2v) is 10.2. The molecule has 0 bridgehead atoms. The molecule has 2 aliphatic heterocycles. The van der Waals surface area contributed by atoms with Gasteiger partial charge in [-0.1, -0.05) is 18.2 Å². The minimum atomic E-state index is -3.69. The number of carbonyl (C=O) groups is 1. The Bertz CT molecular complexity index is 1290. The molecule has 3 aromatic rings. The number of carbonyl (C=O) groups excluding carboxylic acids is 1. The van der Waals surface area contributed by atoms with Gasteiger partial charge in [-0.3, -0.25) is 4.79 Å². The molecule has 9 heteroatoms. The number of amides is 1. The Morgan fingerprint density at radius 2 is 1.73 bits per heavy atom. The smallest absolute Gasteiger partial charge is 0.243 e. The predicted molar refractivity (Wildman–Crippen MR) is 124 cm³/mol. The van der Waals surface area contributed by atoms with Crippen LogP contribution in [-0.2, 0) is 14.8 Å². The van der Waals surface area contributed by atoms with E-state index in [-0.39, 0.29) is 29.8 Å². The minimum absolute atomic E-state index is 0.134. The van der Waals surface area contributed by atoms with Crippen LogP contribution in [0.2, 0.25) is 0 Å². The number of anilines is 1. The Labute approximate surface area is 192 Å². The molecule has 0 unspecified atom stereocenters. The van der Waals surface area contributed by atoms with E-state index in [1.165, 1.54) is 10.4 Å². The highest BCUT2D eigenvalue weighted by Crippen LogP contribution is 2.34. The zero-order chi connectivity index (χ0) is 22.8. The van der Waals surface area contributed by atoms with Crippen molar-refractivity contribution in [2.24, 2.45) is 5.92 Å². The van der Waals surface area contributed by atoms with Gasteiger partial charge in [-0.2, -0.15) is 4.31 Å². The molecule has 1 saturated heterocycles. The van der Waals surface area contributed by atoms with Crippen LogP contribution in [0.3, 0.4) is 0 Å². The van der Waals surface area contributed by atoms with Crippen LogP contribution in [0.4, 0.5) is 5.82 Å².